The number of hydrogen-bond acceptors (Lipinski definition) is 6. The van der Waals surface area contributed by atoms with E-state index in [1.807, 2.05) is 31.2 Å². The molecular formula is C18H23N7. The molecule has 3 aromatic heterocycles. The molecule has 0 atom stereocenters. The Morgan fingerprint density at radius 3 is 2.60 bits per heavy atom. The predicted octanol–water partition coefficient (Wildman–Crippen LogP) is 3.55. The van der Waals surface area contributed by atoms with Crippen LogP contribution >= 0.6 is 0 Å². The lowest BCUT2D eigenvalue weighted by atomic mass is 10.2. The van der Waals surface area contributed by atoms with Crippen molar-refractivity contribution in [3.8, 4) is 11.4 Å². The van der Waals surface area contributed by atoms with E-state index < -0.39 is 0 Å². The number of anilines is 3. The summed E-state index contributed by atoms with van der Waals surface area (Å²) in [6.45, 7) is 5.10. The zero-order chi connectivity index (χ0) is 17.6. The topological polar surface area (TPSA) is 82.6 Å². The van der Waals surface area contributed by atoms with Crippen molar-refractivity contribution in [3.63, 3.8) is 0 Å². The van der Waals surface area contributed by atoms with Gasteiger partial charge < -0.3 is 10.2 Å². The second-order valence-electron chi connectivity index (χ2n) is 6.01. The number of hydrogen-bond donors (Lipinski definition) is 2. The maximum absolute atomic E-state index is 4.72. The largest absolute Gasteiger partial charge is 0.359 e. The van der Waals surface area contributed by atoms with Crippen molar-refractivity contribution < 1.29 is 0 Å². The highest BCUT2D eigenvalue weighted by molar-refractivity contribution is 5.64. The van der Waals surface area contributed by atoms with Crippen LogP contribution in [0.4, 0.5) is 17.5 Å². The van der Waals surface area contributed by atoms with E-state index >= 15 is 0 Å². The summed E-state index contributed by atoms with van der Waals surface area (Å²) in [7, 11) is 2.05. The van der Waals surface area contributed by atoms with Crippen molar-refractivity contribution in [1.82, 2.24) is 25.1 Å². The van der Waals surface area contributed by atoms with Gasteiger partial charge in [-0.15, -0.1) is 0 Å². The SMILES string of the molecule is CCCCN(C)c1cc(Nc2cc(C)[nH]n2)nc(-c2ccncc2)n1. The Kier molecular flexibility index (Phi) is 5.23. The maximum Gasteiger partial charge on any atom is 0.163 e. The summed E-state index contributed by atoms with van der Waals surface area (Å²) in [4.78, 5) is 15.6. The highest BCUT2D eigenvalue weighted by Crippen LogP contribution is 2.23. The summed E-state index contributed by atoms with van der Waals surface area (Å²) < 4.78 is 0. The Labute approximate surface area is 147 Å². The first-order chi connectivity index (χ1) is 12.2. The molecule has 25 heavy (non-hydrogen) atoms. The number of aromatic amines is 1. The van der Waals surface area contributed by atoms with Crippen LogP contribution in [0.15, 0.2) is 36.7 Å². The fourth-order valence-corrected chi connectivity index (χ4v) is 2.45. The van der Waals surface area contributed by atoms with Gasteiger partial charge in [0.1, 0.15) is 11.6 Å². The summed E-state index contributed by atoms with van der Waals surface area (Å²) in [6.07, 6.45) is 5.75. The molecule has 3 aromatic rings. The van der Waals surface area contributed by atoms with Gasteiger partial charge in [-0.25, -0.2) is 9.97 Å². The van der Waals surface area contributed by atoms with Crippen LogP contribution in [-0.2, 0) is 0 Å². The second kappa shape index (κ2) is 7.74. The molecule has 0 saturated carbocycles. The number of pyridine rings is 1. The zero-order valence-electron chi connectivity index (χ0n) is 14.8. The molecule has 0 aliphatic rings. The van der Waals surface area contributed by atoms with Crippen molar-refractivity contribution in [2.45, 2.75) is 26.7 Å². The van der Waals surface area contributed by atoms with E-state index in [9.17, 15) is 0 Å². The molecule has 0 saturated heterocycles. The Bertz CT molecular complexity index is 813. The average molecular weight is 337 g/mol. The summed E-state index contributed by atoms with van der Waals surface area (Å²) in [5.74, 6) is 2.99. The minimum absolute atomic E-state index is 0.665. The third-order valence-corrected chi connectivity index (χ3v) is 3.85. The first kappa shape index (κ1) is 16.9. The van der Waals surface area contributed by atoms with E-state index in [1.165, 1.54) is 0 Å². The van der Waals surface area contributed by atoms with Crippen LogP contribution in [-0.4, -0.2) is 38.7 Å². The fraction of sp³-hybridized carbons (Fsp3) is 0.333. The van der Waals surface area contributed by atoms with E-state index in [0.717, 1.165) is 42.3 Å². The number of unbranched alkanes of at least 4 members (excludes halogenated alkanes) is 1. The van der Waals surface area contributed by atoms with Crippen molar-refractivity contribution in [2.24, 2.45) is 0 Å². The highest BCUT2D eigenvalue weighted by Gasteiger charge is 2.11. The summed E-state index contributed by atoms with van der Waals surface area (Å²) in [6, 6.07) is 7.71. The first-order valence-corrected chi connectivity index (χ1v) is 8.45. The molecule has 7 nitrogen and oxygen atoms in total. The minimum Gasteiger partial charge on any atom is -0.359 e. The fourth-order valence-electron chi connectivity index (χ4n) is 2.45. The van der Waals surface area contributed by atoms with E-state index in [0.29, 0.717) is 11.6 Å². The van der Waals surface area contributed by atoms with Gasteiger partial charge in [0.2, 0.25) is 0 Å². The molecule has 2 N–H and O–H groups in total. The Hall–Kier alpha value is -2.96. The second-order valence-corrected chi connectivity index (χ2v) is 6.01. The molecule has 130 valence electrons. The van der Waals surface area contributed by atoms with Crippen molar-refractivity contribution >= 4 is 17.5 Å². The molecule has 7 heteroatoms. The molecule has 3 heterocycles. The number of H-pyrrole nitrogens is 1. The standard InChI is InChI=1S/C18H23N7/c1-4-5-10-25(3)17-12-15(20-16-11-13(2)23-24-16)21-18(22-17)14-6-8-19-9-7-14/h6-9,11-12H,4-5,10H2,1-3H3,(H2,20,21,22,23,24). The zero-order valence-corrected chi connectivity index (χ0v) is 14.8. The quantitative estimate of drug-likeness (QED) is 0.686. The van der Waals surface area contributed by atoms with E-state index in [4.69, 9.17) is 4.98 Å². The molecule has 0 bridgehead atoms. The van der Waals surface area contributed by atoms with Gasteiger partial charge in [0, 0.05) is 49.4 Å². The van der Waals surface area contributed by atoms with Gasteiger partial charge in [-0.1, -0.05) is 13.3 Å². The Morgan fingerprint density at radius 2 is 1.92 bits per heavy atom. The summed E-state index contributed by atoms with van der Waals surface area (Å²) in [5, 5.41) is 10.4. The third-order valence-electron chi connectivity index (χ3n) is 3.85. The van der Waals surface area contributed by atoms with E-state index in [2.05, 4.69) is 44.4 Å². The van der Waals surface area contributed by atoms with Crippen LogP contribution in [0, 0.1) is 6.92 Å². The normalized spacial score (nSPS) is 10.7. The molecular weight excluding hydrogens is 314 g/mol. The van der Waals surface area contributed by atoms with Gasteiger partial charge in [0.15, 0.2) is 11.6 Å². The van der Waals surface area contributed by atoms with Crippen LogP contribution in [0.1, 0.15) is 25.5 Å². The van der Waals surface area contributed by atoms with Crippen LogP contribution in [0.2, 0.25) is 0 Å². The van der Waals surface area contributed by atoms with Crippen LogP contribution in [0.25, 0.3) is 11.4 Å². The molecule has 0 aliphatic heterocycles. The van der Waals surface area contributed by atoms with Gasteiger partial charge in [-0.3, -0.25) is 10.1 Å². The van der Waals surface area contributed by atoms with Crippen LogP contribution < -0.4 is 10.2 Å². The lowest BCUT2D eigenvalue weighted by Crippen LogP contribution is -2.20. The van der Waals surface area contributed by atoms with Crippen LogP contribution in [0.5, 0.6) is 0 Å². The molecule has 0 radical (unpaired) electrons. The molecule has 0 fully saturated rings. The van der Waals surface area contributed by atoms with Gasteiger partial charge in [0.25, 0.3) is 0 Å². The van der Waals surface area contributed by atoms with Gasteiger partial charge in [-0.05, 0) is 25.5 Å². The Balaban J connectivity index is 1.95. The highest BCUT2D eigenvalue weighted by atomic mass is 15.2. The number of rotatable bonds is 7. The lowest BCUT2D eigenvalue weighted by Gasteiger charge is -2.19. The van der Waals surface area contributed by atoms with Crippen molar-refractivity contribution in [2.75, 3.05) is 23.8 Å². The number of nitrogens with zero attached hydrogens (tertiary/aromatic N) is 5. The smallest absolute Gasteiger partial charge is 0.163 e. The molecule has 0 spiro atoms. The van der Waals surface area contributed by atoms with Gasteiger partial charge in [0.05, 0.1) is 0 Å². The average Bonchev–Trinajstić information content (AvgIpc) is 3.04. The molecule has 0 aromatic carbocycles. The van der Waals surface area contributed by atoms with E-state index in [-0.39, 0.29) is 0 Å². The van der Waals surface area contributed by atoms with E-state index in [1.54, 1.807) is 12.4 Å². The third kappa shape index (κ3) is 4.32. The van der Waals surface area contributed by atoms with Crippen molar-refractivity contribution in [3.05, 3.63) is 42.4 Å². The van der Waals surface area contributed by atoms with Crippen LogP contribution in [0.3, 0.4) is 0 Å². The number of nitrogens with one attached hydrogen (secondary N) is 2. The lowest BCUT2D eigenvalue weighted by molar-refractivity contribution is 0.759. The molecule has 0 amide bonds. The minimum atomic E-state index is 0.665. The molecule has 3 rings (SSSR count). The molecule has 0 aliphatic carbocycles. The first-order valence-electron chi connectivity index (χ1n) is 8.45. The summed E-state index contributed by atoms with van der Waals surface area (Å²) in [5.41, 5.74) is 1.92. The predicted molar refractivity (Wildman–Crippen MR) is 100 cm³/mol. The van der Waals surface area contributed by atoms with Gasteiger partial charge in [-0.2, -0.15) is 5.10 Å². The maximum atomic E-state index is 4.72. The molecule has 0 unspecified atom stereocenters. The summed E-state index contributed by atoms with van der Waals surface area (Å²) >= 11 is 0. The number of aryl methyl sites for hydroxylation is 1. The monoisotopic (exact) mass is 337 g/mol. The van der Waals surface area contributed by atoms with Gasteiger partial charge >= 0.3 is 0 Å². The Morgan fingerprint density at radius 1 is 1.12 bits per heavy atom. The number of aromatic nitrogens is 5. The van der Waals surface area contributed by atoms with Crippen molar-refractivity contribution in [1.29, 1.82) is 0 Å².